The molecule has 4 heteroatoms. The van der Waals surface area contributed by atoms with Gasteiger partial charge in [0.1, 0.15) is 0 Å². The number of allylic oxidation sites excluding steroid dienone is 8. The Morgan fingerprint density at radius 3 is 1.65 bits per heavy atom. The average Bonchev–Trinajstić information content (AvgIpc) is 3.80. The monoisotopic (exact) mass is 829 g/mol. The smallest absolute Gasteiger partial charge is 0.174 e. The van der Waals surface area contributed by atoms with E-state index in [1.165, 1.54) is 39.0 Å². The third kappa shape index (κ3) is 8.29. The van der Waals surface area contributed by atoms with E-state index in [1.54, 1.807) is 11.3 Å². The van der Waals surface area contributed by atoms with Gasteiger partial charge in [0.05, 0.1) is 4.88 Å². The van der Waals surface area contributed by atoms with Gasteiger partial charge in [-0.2, -0.15) is 0 Å². The maximum absolute atomic E-state index is 5.22. The van der Waals surface area contributed by atoms with Crippen LogP contribution in [-0.2, 0) is 0 Å². The van der Waals surface area contributed by atoms with E-state index in [-0.39, 0.29) is 0 Å². The molecule has 2 heterocycles. The summed E-state index contributed by atoms with van der Waals surface area (Å²) < 4.78 is 0. The number of aromatic nitrogens is 3. The van der Waals surface area contributed by atoms with Crippen molar-refractivity contribution in [3.63, 3.8) is 0 Å². The highest BCUT2D eigenvalue weighted by Crippen LogP contribution is 2.49. The number of rotatable bonds is 12. The van der Waals surface area contributed by atoms with Crippen LogP contribution in [0.2, 0.25) is 0 Å². The second-order valence-electron chi connectivity index (χ2n) is 15.3. The zero-order valence-corrected chi connectivity index (χ0v) is 36.4. The lowest BCUT2D eigenvalue weighted by Crippen LogP contribution is -2.04. The van der Waals surface area contributed by atoms with E-state index in [0.29, 0.717) is 17.5 Å². The molecule has 0 spiro atoms. The summed E-state index contributed by atoms with van der Waals surface area (Å²) in [4.78, 5) is 17.5. The zero-order valence-electron chi connectivity index (χ0n) is 35.6. The van der Waals surface area contributed by atoms with Crippen LogP contribution in [0.5, 0.6) is 0 Å². The molecular formula is C59H47N3S. The topological polar surface area (TPSA) is 38.7 Å². The molecule has 0 N–H and O–H groups in total. The summed E-state index contributed by atoms with van der Waals surface area (Å²) in [5, 5.41) is 0. The molecule has 304 valence electrons. The Morgan fingerprint density at radius 1 is 0.524 bits per heavy atom. The van der Waals surface area contributed by atoms with Crippen molar-refractivity contribution in [1.29, 1.82) is 0 Å². The van der Waals surface area contributed by atoms with Crippen LogP contribution in [0.1, 0.15) is 54.1 Å². The molecule has 0 bridgehead atoms. The van der Waals surface area contributed by atoms with Crippen molar-refractivity contribution in [2.24, 2.45) is 0 Å². The van der Waals surface area contributed by atoms with Gasteiger partial charge in [0, 0.05) is 16.0 Å². The summed E-state index contributed by atoms with van der Waals surface area (Å²) in [5.41, 5.74) is 16.9. The minimum absolute atomic E-state index is 0.600. The lowest BCUT2D eigenvalue weighted by molar-refractivity contribution is 1.04. The first kappa shape index (κ1) is 40.9. The Balaban J connectivity index is 1.26. The zero-order chi connectivity index (χ0) is 43.1. The van der Waals surface area contributed by atoms with Crippen LogP contribution in [0.4, 0.5) is 0 Å². The van der Waals surface area contributed by atoms with Gasteiger partial charge in [-0.15, -0.1) is 11.3 Å². The van der Waals surface area contributed by atoms with E-state index in [4.69, 9.17) is 15.0 Å². The molecule has 3 nitrogen and oxygen atoms in total. The summed E-state index contributed by atoms with van der Waals surface area (Å²) >= 11 is 1.60. The highest BCUT2D eigenvalue weighted by atomic mass is 32.1. The first-order valence-electron chi connectivity index (χ1n) is 21.5. The van der Waals surface area contributed by atoms with E-state index < -0.39 is 0 Å². The van der Waals surface area contributed by atoms with Gasteiger partial charge in [-0.25, -0.2) is 15.0 Å². The van der Waals surface area contributed by atoms with Crippen LogP contribution in [0.15, 0.2) is 201 Å². The number of thiophene rings is 1. The van der Waals surface area contributed by atoms with Crippen LogP contribution in [-0.4, -0.2) is 15.0 Å². The third-order valence-corrected chi connectivity index (χ3v) is 12.7. The highest BCUT2D eigenvalue weighted by Gasteiger charge is 2.25. The molecule has 1 aliphatic rings. The van der Waals surface area contributed by atoms with Gasteiger partial charge in [0.25, 0.3) is 0 Å². The maximum atomic E-state index is 5.22. The van der Waals surface area contributed by atoms with Gasteiger partial charge in [0.2, 0.25) is 0 Å². The van der Waals surface area contributed by atoms with Crippen LogP contribution in [0, 0.1) is 0 Å². The normalized spacial score (nSPS) is 12.8. The van der Waals surface area contributed by atoms with Gasteiger partial charge < -0.3 is 0 Å². The van der Waals surface area contributed by atoms with Crippen molar-refractivity contribution in [3.8, 4) is 66.6 Å². The molecule has 0 radical (unpaired) electrons. The fraction of sp³-hybridized carbons (Fsp3) is 0.0678. The van der Waals surface area contributed by atoms with Crippen molar-refractivity contribution < 1.29 is 0 Å². The number of benzene rings is 6. The van der Waals surface area contributed by atoms with Crippen LogP contribution in [0.3, 0.4) is 0 Å². The Bertz CT molecular complexity index is 3040. The molecule has 8 aromatic rings. The molecule has 0 fully saturated rings. The maximum Gasteiger partial charge on any atom is 0.174 e. The summed E-state index contributed by atoms with van der Waals surface area (Å²) in [5.74, 6) is 1.82. The molecule has 1 aliphatic carbocycles. The summed E-state index contributed by atoms with van der Waals surface area (Å²) in [6.45, 7) is 12.2. The van der Waals surface area contributed by atoms with Crippen LogP contribution < -0.4 is 0 Å². The van der Waals surface area contributed by atoms with Crippen molar-refractivity contribution in [3.05, 3.63) is 229 Å². The van der Waals surface area contributed by atoms with Crippen molar-refractivity contribution in [2.75, 3.05) is 0 Å². The van der Waals surface area contributed by atoms with Gasteiger partial charge in [-0.1, -0.05) is 201 Å². The molecule has 0 amide bonds. The lowest BCUT2D eigenvalue weighted by Gasteiger charge is -2.25. The van der Waals surface area contributed by atoms with Gasteiger partial charge >= 0.3 is 0 Å². The summed E-state index contributed by atoms with van der Waals surface area (Å²) in [7, 11) is 0. The molecule has 9 rings (SSSR count). The van der Waals surface area contributed by atoms with E-state index >= 15 is 0 Å². The van der Waals surface area contributed by atoms with E-state index in [0.717, 1.165) is 67.1 Å². The SMILES string of the molecule is C=Cc1cc(-c2nc(C(=C/C)/C(=C\C)c3ccccc3)nc(-c3ccc(-c4cc(-c5ccccc5)c(C5=CCCC=C5)c(-c5ccccc5)c4-c4ccccc4)cc3)n2)sc1C=C. The number of nitrogens with zero attached hydrogens (tertiary/aromatic N) is 3. The van der Waals surface area contributed by atoms with Gasteiger partial charge in [-0.3, -0.25) is 0 Å². The predicted octanol–water partition coefficient (Wildman–Crippen LogP) is 16.5. The number of hydrogen-bond donors (Lipinski definition) is 0. The standard InChI is InChI=1S/C59H47N3S/c1-5-40-38-53(63-52(40)8-4)59-61-57(60-58(62-59)49(7-3)48(6-2)41-24-14-9-15-25-41)47-36-34-43(35-37-47)51-39-50(42-26-16-10-17-27-42)54(44-28-18-11-19-29-44)56(46-32-22-13-23-33-46)55(51)45-30-20-12-21-31-45/h5-10,12-18,20-39H,1,4,11,19H2,2-3H3/b48-6-,49-7+. The minimum atomic E-state index is 0.600. The minimum Gasteiger partial charge on any atom is -0.208 e. The van der Waals surface area contributed by atoms with Gasteiger partial charge in [0.15, 0.2) is 17.5 Å². The van der Waals surface area contributed by atoms with E-state index in [1.807, 2.05) is 25.1 Å². The quantitative estimate of drug-likeness (QED) is 0.115. The fourth-order valence-electron chi connectivity index (χ4n) is 8.54. The Kier molecular flexibility index (Phi) is 12.1. The highest BCUT2D eigenvalue weighted by molar-refractivity contribution is 7.16. The molecule has 63 heavy (non-hydrogen) atoms. The Labute approximate surface area is 375 Å². The molecule has 0 saturated carbocycles. The van der Waals surface area contributed by atoms with Crippen molar-refractivity contribution in [2.45, 2.75) is 26.7 Å². The first-order chi connectivity index (χ1) is 31.1. The molecule has 0 aliphatic heterocycles. The second-order valence-corrected chi connectivity index (χ2v) is 16.4. The van der Waals surface area contributed by atoms with Crippen LogP contribution >= 0.6 is 11.3 Å². The summed E-state index contributed by atoms with van der Waals surface area (Å²) in [6.07, 6.45) is 17.0. The molecule has 0 atom stereocenters. The van der Waals surface area contributed by atoms with Crippen molar-refractivity contribution in [1.82, 2.24) is 15.0 Å². The fourth-order valence-corrected chi connectivity index (χ4v) is 9.49. The molecule has 2 aromatic heterocycles. The van der Waals surface area contributed by atoms with E-state index in [2.05, 4.69) is 202 Å². The average molecular weight is 830 g/mol. The largest absolute Gasteiger partial charge is 0.208 e. The van der Waals surface area contributed by atoms with E-state index in [9.17, 15) is 0 Å². The molecule has 6 aromatic carbocycles. The Morgan fingerprint density at radius 2 is 1.08 bits per heavy atom. The van der Waals surface area contributed by atoms with Crippen molar-refractivity contribution >= 4 is 40.2 Å². The lowest BCUT2D eigenvalue weighted by atomic mass is 9.78. The summed E-state index contributed by atoms with van der Waals surface area (Å²) in [6, 6.07) is 56.2. The van der Waals surface area contributed by atoms with Gasteiger partial charge in [-0.05, 0) is 111 Å². The molecular weight excluding hydrogens is 783 g/mol. The Hall–Kier alpha value is -7.53. The first-order valence-corrected chi connectivity index (χ1v) is 22.3. The second kappa shape index (κ2) is 18.6. The number of hydrogen-bond acceptors (Lipinski definition) is 4. The predicted molar refractivity (Wildman–Crippen MR) is 271 cm³/mol. The third-order valence-electron chi connectivity index (χ3n) is 11.5. The molecule has 0 saturated heterocycles. The van der Waals surface area contributed by atoms with Crippen LogP contribution in [0.25, 0.3) is 95.5 Å². The molecule has 0 unspecified atom stereocenters.